The standard InChI is InChI=1S/C40H53N3O12/c1-24(44)20-31(32(45)21-28(35(48)54-39(6,7)8)22-33(46)53-38(3,4)5)43-36(49)51-23-26-12-18-30(19-13-26)52-34(47)27-14-16-29(17-15-27)41-25(2)42-37(50)55-40(9,10)11/h12-19,28,31H,20-23H2,1-11H3,(H,43,49)(H,41,42,50)/t28-,31?/m0/s1. The number of amidine groups is 1. The quantitative estimate of drug-likeness (QED) is 0.0678. The first-order chi connectivity index (χ1) is 25.3. The van der Waals surface area contributed by atoms with Gasteiger partial charge in [0.1, 0.15) is 40.8 Å². The van der Waals surface area contributed by atoms with Crippen LogP contribution < -0.4 is 15.4 Å². The lowest BCUT2D eigenvalue weighted by Crippen LogP contribution is -2.44. The smallest absolute Gasteiger partial charge is 0.413 e. The van der Waals surface area contributed by atoms with Crippen molar-refractivity contribution < 1.29 is 57.2 Å². The Bertz CT molecular complexity index is 1730. The van der Waals surface area contributed by atoms with Crippen LogP contribution in [0.1, 0.15) is 111 Å². The summed E-state index contributed by atoms with van der Waals surface area (Å²) in [5.41, 5.74) is -1.14. The fourth-order valence-corrected chi connectivity index (χ4v) is 4.62. The van der Waals surface area contributed by atoms with Gasteiger partial charge in [0.2, 0.25) is 0 Å². The lowest BCUT2D eigenvalue weighted by molar-refractivity contribution is -0.168. The van der Waals surface area contributed by atoms with Gasteiger partial charge in [-0.25, -0.2) is 19.4 Å². The van der Waals surface area contributed by atoms with Gasteiger partial charge in [0.15, 0.2) is 5.78 Å². The number of benzene rings is 2. The summed E-state index contributed by atoms with van der Waals surface area (Å²) in [7, 11) is 0. The molecule has 0 heterocycles. The van der Waals surface area contributed by atoms with Crippen LogP contribution in [-0.4, -0.2) is 70.3 Å². The Kier molecular flexibility index (Phi) is 16.3. The molecular formula is C40H53N3O12. The number of hydrogen-bond acceptors (Lipinski definition) is 13. The molecule has 2 amide bonds. The zero-order valence-corrected chi connectivity index (χ0v) is 33.4. The highest BCUT2D eigenvalue weighted by atomic mass is 16.6. The molecule has 1 unspecified atom stereocenters. The number of nitrogens with one attached hydrogen (secondary N) is 2. The molecule has 300 valence electrons. The molecule has 0 saturated heterocycles. The van der Waals surface area contributed by atoms with Crippen molar-refractivity contribution in [3.63, 3.8) is 0 Å². The molecule has 15 heteroatoms. The van der Waals surface area contributed by atoms with Crippen molar-refractivity contribution in [1.82, 2.24) is 10.6 Å². The number of ether oxygens (including phenoxy) is 5. The van der Waals surface area contributed by atoms with E-state index < -0.39 is 83.3 Å². The lowest BCUT2D eigenvalue weighted by atomic mass is 9.93. The molecule has 2 aromatic carbocycles. The van der Waals surface area contributed by atoms with Crippen LogP contribution in [0.15, 0.2) is 53.5 Å². The minimum Gasteiger partial charge on any atom is -0.460 e. The molecule has 15 nitrogen and oxygen atoms in total. The average molecular weight is 768 g/mol. The molecule has 0 spiro atoms. The SMILES string of the molecule is CC(=O)CC(NC(=O)OCc1ccc(OC(=O)c2ccc(N=C(C)NC(=O)OC(C)(C)C)cc2)cc1)C(=O)C[C@@H](CC(=O)OC(C)(C)C)C(=O)OC(C)(C)C. The average Bonchev–Trinajstić information content (AvgIpc) is 3.01. The minimum atomic E-state index is -1.34. The predicted octanol–water partition coefficient (Wildman–Crippen LogP) is 6.70. The highest BCUT2D eigenvalue weighted by Gasteiger charge is 2.34. The number of alkyl carbamates (subject to hydrolysis) is 2. The Morgan fingerprint density at radius 2 is 1.24 bits per heavy atom. The molecule has 2 atom stereocenters. The first-order valence-corrected chi connectivity index (χ1v) is 17.6. The molecule has 0 aliphatic rings. The van der Waals surface area contributed by atoms with E-state index in [2.05, 4.69) is 15.6 Å². The van der Waals surface area contributed by atoms with Crippen LogP contribution in [0.5, 0.6) is 5.75 Å². The van der Waals surface area contributed by atoms with Gasteiger partial charge < -0.3 is 29.0 Å². The first kappa shape index (κ1) is 45.6. The number of carbonyl (C=O) groups is 7. The van der Waals surface area contributed by atoms with Gasteiger partial charge in [-0.1, -0.05) is 12.1 Å². The summed E-state index contributed by atoms with van der Waals surface area (Å²) < 4.78 is 26.7. The maximum absolute atomic E-state index is 13.3. The number of carbonyl (C=O) groups excluding carboxylic acids is 7. The highest BCUT2D eigenvalue weighted by molar-refractivity contribution is 5.96. The van der Waals surface area contributed by atoms with Crippen LogP contribution >= 0.6 is 0 Å². The summed E-state index contributed by atoms with van der Waals surface area (Å²) in [4.78, 5) is 92.6. The highest BCUT2D eigenvalue weighted by Crippen LogP contribution is 2.22. The summed E-state index contributed by atoms with van der Waals surface area (Å²) in [6.45, 7) is 17.8. The van der Waals surface area contributed by atoms with Crippen molar-refractivity contribution in [1.29, 1.82) is 0 Å². The Morgan fingerprint density at radius 1 is 0.673 bits per heavy atom. The van der Waals surface area contributed by atoms with Gasteiger partial charge in [-0.15, -0.1) is 0 Å². The fraction of sp³-hybridized carbons (Fsp3) is 0.500. The van der Waals surface area contributed by atoms with E-state index in [1.54, 1.807) is 93.5 Å². The Labute approximate surface area is 321 Å². The summed E-state index contributed by atoms with van der Waals surface area (Å²) in [5, 5.41) is 4.92. The van der Waals surface area contributed by atoms with Gasteiger partial charge in [-0.2, -0.15) is 0 Å². The number of esters is 3. The normalized spacial score (nSPS) is 13.0. The topological polar surface area (TPSA) is 202 Å². The third kappa shape index (κ3) is 18.8. The number of ketones is 2. The largest absolute Gasteiger partial charge is 0.460 e. The van der Waals surface area contributed by atoms with E-state index in [0.29, 0.717) is 17.1 Å². The van der Waals surface area contributed by atoms with E-state index in [-0.39, 0.29) is 24.3 Å². The van der Waals surface area contributed by atoms with Crippen molar-refractivity contribution in [2.45, 2.75) is 125 Å². The van der Waals surface area contributed by atoms with E-state index >= 15 is 0 Å². The molecule has 55 heavy (non-hydrogen) atoms. The van der Waals surface area contributed by atoms with Crippen LogP contribution in [0.3, 0.4) is 0 Å². The lowest BCUT2D eigenvalue weighted by Gasteiger charge is -2.26. The van der Waals surface area contributed by atoms with Crippen LogP contribution in [-0.2, 0) is 44.7 Å². The summed E-state index contributed by atoms with van der Waals surface area (Å²) in [6, 6.07) is 11.0. The summed E-state index contributed by atoms with van der Waals surface area (Å²) in [5.74, 6) is -3.93. The second-order valence-electron chi connectivity index (χ2n) is 15.8. The molecule has 0 aliphatic heterocycles. The second-order valence-corrected chi connectivity index (χ2v) is 15.8. The van der Waals surface area contributed by atoms with E-state index in [9.17, 15) is 33.6 Å². The molecule has 2 rings (SSSR count). The maximum Gasteiger partial charge on any atom is 0.413 e. The predicted molar refractivity (Wildman–Crippen MR) is 202 cm³/mol. The second kappa shape index (κ2) is 19.6. The maximum atomic E-state index is 13.3. The van der Waals surface area contributed by atoms with Crippen molar-refractivity contribution in [2.24, 2.45) is 10.9 Å². The van der Waals surface area contributed by atoms with Crippen molar-refractivity contribution in [3.8, 4) is 5.75 Å². The molecule has 0 aliphatic carbocycles. The third-order valence-electron chi connectivity index (χ3n) is 6.78. The number of Topliss-reactive ketones (excluding diaryl/α,β-unsaturated/α-hetero) is 2. The van der Waals surface area contributed by atoms with Crippen molar-refractivity contribution >= 4 is 53.2 Å². The molecular weight excluding hydrogens is 714 g/mol. The molecule has 0 aromatic heterocycles. The monoisotopic (exact) mass is 767 g/mol. The zero-order chi connectivity index (χ0) is 41.7. The van der Waals surface area contributed by atoms with Gasteiger partial charge in [0.25, 0.3) is 0 Å². The zero-order valence-electron chi connectivity index (χ0n) is 33.4. The van der Waals surface area contributed by atoms with Crippen LogP contribution in [0, 0.1) is 5.92 Å². The number of nitrogens with zero attached hydrogens (tertiary/aromatic N) is 1. The van der Waals surface area contributed by atoms with E-state index in [4.69, 9.17) is 23.7 Å². The van der Waals surface area contributed by atoms with Crippen molar-refractivity contribution in [2.75, 3.05) is 0 Å². The molecule has 0 bridgehead atoms. The molecule has 2 N–H and O–H groups in total. The van der Waals surface area contributed by atoms with Gasteiger partial charge in [-0.05, 0) is 118 Å². The van der Waals surface area contributed by atoms with Gasteiger partial charge >= 0.3 is 30.1 Å². The Balaban J connectivity index is 2.00. The molecule has 0 radical (unpaired) electrons. The third-order valence-corrected chi connectivity index (χ3v) is 6.78. The minimum absolute atomic E-state index is 0.218. The van der Waals surface area contributed by atoms with Crippen molar-refractivity contribution in [3.05, 3.63) is 59.7 Å². The van der Waals surface area contributed by atoms with Gasteiger partial charge in [-0.3, -0.25) is 24.5 Å². The first-order valence-electron chi connectivity index (χ1n) is 17.6. The molecule has 2 aromatic rings. The Hall–Kier alpha value is -5.60. The Morgan fingerprint density at radius 3 is 1.76 bits per heavy atom. The number of amides is 2. The molecule has 0 saturated carbocycles. The fourth-order valence-electron chi connectivity index (χ4n) is 4.62. The van der Waals surface area contributed by atoms with Crippen LogP contribution in [0.4, 0.5) is 15.3 Å². The van der Waals surface area contributed by atoms with Crippen LogP contribution in [0.2, 0.25) is 0 Å². The van der Waals surface area contributed by atoms with Gasteiger partial charge in [0, 0.05) is 12.8 Å². The summed E-state index contributed by atoms with van der Waals surface area (Å²) >= 11 is 0. The van der Waals surface area contributed by atoms with E-state index in [0.717, 1.165) is 0 Å². The van der Waals surface area contributed by atoms with E-state index in [1.165, 1.54) is 31.2 Å². The van der Waals surface area contributed by atoms with Crippen LogP contribution in [0.25, 0.3) is 0 Å². The van der Waals surface area contributed by atoms with E-state index in [1.807, 2.05) is 0 Å². The molecule has 0 fully saturated rings. The number of hydrogen-bond donors (Lipinski definition) is 2. The summed E-state index contributed by atoms with van der Waals surface area (Å²) in [6.07, 6.45) is -2.96. The number of rotatable bonds is 14. The van der Waals surface area contributed by atoms with Gasteiger partial charge in [0.05, 0.1) is 29.6 Å². The number of aliphatic imine (C=N–C) groups is 1.